The summed E-state index contributed by atoms with van der Waals surface area (Å²) in [7, 11) is -3.58. The van der Waals surface area contributed by atoms with Crippen molar-refractivity contribution in [3.63, 3.8) is 0 Å². The fraction of sp³-hybridized carbons (Fsp3) is 0.333. The predicted octanol–water partition coefficient (Wildman–Crippen LogP) is 2.81. The molecule has 2 aromatic carbocycles. The lowest BCUT2D eigenvalue weighted by Crippen LogP contribution is -2.24. The molecule has 1 aliphatic rings. The topological polar surface area (TPSA) is 92.5 Å². The number of sulfonamides is 1. The zero-order chi connectivity index (χ0) is 18.6. The minimum atomic E-state index is -3.58. The molecule has 1 heterocycles. The molecule has 0 atom stereocenters. The molecule has 0 aliphatic carbocycles. The molecule has 138 valence electrons. The highest BCUT2D eigenvalue weighted by Crippen LogP contribution is 2.20. The van der Waals surface area contributed by atoms with Crippen molar-refractivity contribution in [3.8, 4) is 0 Å². The summed E-state index contributed by atoms with van der Waals surface area (Å²) in [5.74, 6) is -0.291. The molecule has 0 bridgehead atoms. The number of nitrogens with one attached hydrogen (secondary N) is 1. The lowest BCUT2D eigenvalue weighted by atomic mass is 10.2. The van der Waals surface area contributed by atoms with Gasteiger partial charge >= 0.3 is 0 Å². The molecule has 7 nitrogen and oxygen atoms in total. The summed E-state index contributed by atoms with van der Waals surface area (Å²) < 4.78 is 27.0. The van der Waals surface area contributed by atoms with Gasteiger partial charge in [0.1, 0.15) is 0 Å². The molecular weight excluding hydrogens is 354 g/mol. The zero-order valence-corrected chi connectivity index (χ0v) is 15.1. The van der Waals surface area contributed by atoms with Crippen molar-refractivity contribution in [2.75, 3.05) is 18.0 Å². The van der Waals surface area contributed by atoms with Crippen LogP contribution in [0.1, 0.15) is 24.0 Å². The Kier molecular flexibility index (Phi) is 5.53. The molecule has 0 aromatic heterocycles. The van der Waals surface area contributed by atoms with Gasteiger partial charge in [0.15, 0.2) is 0 Å². The highest BCUT2D eigenvalue weighted by atomic mass is 32.2. The Morgan fingerprint density at radius 2 is 1.73 bits per heavy atom. The smallest absolute Gasteiger partial charge is 0.269 e. The van der Waals surface area contributed by atoms with Crippen LogP contribution in [-0.2, 0) is 22.3 Å². The van der Waals surface area contributed by atoms with E-state index in [0.29, 0.717) is 5.56 Å². The average molecular weight is 375 g/mol. The highest BCUT2D eigenvalue weighted by Gasteiger charge is 2.15. The normalized spacial score (nSPS) is 14.5. The highest BCUT2D eigenvalue weighted by molar-refractivity contribution is 7.88. The Bertz CT molecular complexity index is 876. The van der Waals surface area contributed by atoms with Gasteiger partial charge in [-0.2, -0.15) is 0 Å². The van der Waals surface area contributed by atoms with Crippen LogP contribution in [0.3, 0.4) is 0 Å². The number of nitrogens with zero attached hydrogens (tertiary/aromatic N) is 2. The van der Waals surface area contributed by atoms with Crippen LogP contribution in [0.2, 0.25) is 0 Å². The van der Waals surface area contributed by atoms with Crippen LogP contribution >= 0.6 is 0 Å². The van der Waals surface area contributed by atoms with E-state index in [2.05, 4.69) is 9.62 Å². The molecule has 0 spiro atoms. The number of non-ortho nitro benzene ring substituents is 1. The van der Waals surface area contributed by atoms with Crippen molar-refractivity contribution < 1.29 is 13.3 Å². The predicted molar refractivity (Wildman–Crippen MR) is 100 cm³/mol. The molecule has 8 heteroatoms. The maximum atomic E-state index is 12.2. The van der Waals surface area contributed by atoms with E-state index >= 15 is 0 Å². The maximum Gasteiger partial charge on any atom is 0.269 e. The Morgan fingerprint density at radius 1 is 1.04 bits per heavy atom. The standard InChI is InChI=1S/C18H21N3O4S/c22-21(23)18-5-3-4-16(12-18)14-26(24,25)19-13-15-6-8-17(9-7-15)20-10-1-2-11-20/h3-9,12,19H,1-2,10-11,13-14H2. The lowest BCUT2D eigenvalue weighted by molar-refractivity contribution is -0.384. The van der Waals surface area contributed by atoms with Crippen LogP contribution in [-0.4, -0.2) is 26.4 Å². The molecule has 0 radical (unpaired) electrons. The van der Waals surface area contributed by atoms with E-state index in [9.17, 15) is 18.5 Å². The van der Waals surface area contributed by atoms with Crippen molar-refractivity contribution in [2.45, 2.75) is 25.1 Å². The third-order valence-corrected chi connectivity index (χ3v) is 5.68. The first-order valence-corrected chi connectivity index (χ1v) is 10.1. The average Bonchev–Trinajstić information content (AvgIpc) is 3.15. The number of rotatable bonds is 7. The molecule has 3 rings (SSSR count). The van der Waals surface area contributed by atoms with E-state index < -0.39 is 14.9 Å². The molecule has 0 unspecified atom stereocenters. The van der Waals surface area contributed by atoms with Crippen LogP contribution in [0.4, 0.5) is 11.4 Å². The zero-order valence-electron chi connectivity index (χ0n) is 14.3. The Hall–Kier alpha value is -2.45. The van der Waals surface area contributed by atoms with E-state index in [1.165, 1.54) is 31.0 Å². The first kappa shape index (κ1) is 18.3. The summed E-state index contributed by atoms with van der Waals surface area (Å²) in [6.07, 6.45) is 2.42. The van der Waals surface area contributed by atoms with Crippen LogP contribution in [0.15, 0.2) is 48.5 Å². The van der Waals surface area contributed by atoms with Crippen molar-refractivity contribution in [1.82, 2.24) is 4.72 Å². The van der Waals surface area contributed by atoms with Gasteiger partial charge in [-0.1, -0.05) is 24.3 Å². The Balaban J connectivity index is 1.59. The maximum absolute atomic E-state index is 12.2. The molecular formula is C18H21N3O4S. The van der Waals surface area contributed by atoms with Crippen LogP contribution in [0, 0.1) is 10.1 Å². The van der Waals surface area contributed by atoms with E-state index in [0.717, 1.165) is 24.3 Å². The van der Waals surface area contributed by atoms with Crippen LogP contribution in [0.5, 0.6) is 0 Å². The van der Waals surface area contributed by atoms with Crippen molar-refractivity contribution in [3.05, 3.63) is 69.8 Å². The lowest BCUT2D eigenvalue weighted by Gasteiger charge is -2.17. The van der Waals surface area contributed by atoms with Crippen LogP contribution < -0.4 is 9.62 Å². The van der Waals surface area contributed by atoms with E-state index in [1.54, 1.807) is 6.07 Å². The number of hydrogen-bond donors (Lipinski definition) is 1. The minimum absolute atomic E-state index is 0.116. The number of nitro benzene ring substituents is 1. The van der Waals surface area contributed by atoms with Gasteiger partial charge < -0.3 is 4.90 Å². The summed E-state index contributed by atoms with van der Waals surface area (Å²) in [5.41, 5.74) is 2.30. The fourth-order valence-electron chi connectivity index (χ4n) is 3.02. The molecule has 1 fully saturated rings. The van der Waals surface area contributed by atoms with Crippen molar-refractivity contribution in [2.24, 2.45) is 0 Å². The van der Waals surface area contributed by atoms with E-state index in [1.807, 2.05) is 24.3 Å². The van der Waals surface area contributed by atoms with Crippen molar-refractivity contribution >= 4 is 21.4 Å². The molecule has 0 amide bonds. The molecule has 0 saturated carbocycles. The van der Waals surface area contributed by atoms with E-state index in [4.69, 9.17) is 0 Å². The molecule has 2 aromatic rings. The minimum Gasteiger partial charge on any atom is -0.372 e. The number of nitro groups is 1. The second-order valence-corrected chi connectivity index (χ2v) is 8.17. The first-order valence-electron chi connectivity index (χ1n) is 8.47. The summed E-state index contributed by atoms with van der Waals surface area (Å²) in [4.78, 5) is 12.6. The molecule has 26 heavy (non-hydrogen) atoms. The summed E-state index contributed by atoms with van der Waals surface area (Å²) in [6, 6.07) is 13.5. The van der Waals surface area contributed by atoms with Gasteiger partial charge in [-0.3, -0.25) is 10.1 Å². The number of anilines is 1. The third-order valence-electron chi connectivity index (χ3n) is 4.38. The Labute approximate surface area is 152 Å². The van der Waals surface area contributed by atoms with Crippen LogP contribution in [0.25, 0.3) is 0 Å². The summed E-state index contributed by atoms with van der Waals surface area (Å²) >= 11 is 0. The van der Waals surface area contributed by atoms with E-state index in [-0.39, 0.29) is 18.0 Å². The molecule has 1 saturated heterocycles. The first-order chi connectivity index (χ1) is 12.4. The van der Waals surface area contributed by atoms with Gasteiger partial charge in [0.2, 0.25) is 10.0 Å². The third kappa shape index (κ3) is 4.80. The fourth-order valence-corrected chi connectivity index (χ4v) is 4.13. The Morgan fingerprint density at radius 3 is 2.38 bits per heavy atom. The van der Waals surface area contributed by atoms with Gasteiger partial charge in [-0.05, 0) is 36.1 Å². The van der Waals surface area contributed by atoms with Crippen molar-refractivity contribution in [1.29, 1.82) is 0 Å². The van der Waals surface area contributed by atoms with Gasteiger partial charge in [-0.15, -0.1) is 0 Å². The van der Waals surface area contributed by atoms with Gasteiger partial charge in [0.05, 0.1) is 10.7 Å². The molecule has 1 N–H and O–H groups in total. The SMILES string of the molecule is O=[N+]([O-])c1cccc(CS(=O)(=O)NCc2ccc(N3CCCC3)cc2)c1. The molecule has 1 aliphatic heterocycles. The van der Waals surface area contributed by atoms with Gasteiger partial charge in [0, 0.05) is 37.5 Å². The largest absolute Gasteiger partial charge is 0.372 e. The second-order valence-electron chi connectivity index (χ2n) is 6.37. The second kappa shape index (κ2) is 7.84. The summed E-state index contributed by atoms with van der Waals surface area (Å²) in [5, 5.41) is 10.8. The number of benzene rings is 2. The summed E-state index contributed by atoms with van der Waals surface area (Å²) in [6.45, 7) is 2.32. The number of hydrogen-bond acceptors (Lipinski definition) is 5. The van der Waals surface area contributed by atoms with Gasteiger partial charge in [-0.25, -0.2) is 13.1 Å². The van der Waals surface area contributed by atoms with Gasteiger partial charge in [0.25, 0.3) is 5.69 Å². The quantitative estimate of drug-likeness (QED) is 0.593. The monoisotopic (exact) mass is 375 g/mol.